The molecular weight excluding hydrogens is 262 g/mol. The van der Waals surface area contributed by atoms with Crippen LogP contribution in [0.25, 0.3) is 0 Å². The Hall–Kier alpha value is -1.06. The van der Waals surface area contributed by atoms with Crippen molar-refractivity contribution in [3.8, 4) is 0 Å². The molecule has 1 aromatic rings. The van der Waals surface area contributed by atoms with E-state index in [1.807, 2.05) is 0 Å². The zero-order valence-electron chi connectivity index (χ0n) is 13.8. The molecule has 0 spiro atoms. The summed E-state index contributed by atoms with van der Waals surface area (Å²) in [7, 11) is 0. The minimum atomic E-state index is 0.180. The molecule has 0 atom stereocenters. The van der Waals surface area contributed by atoms with Crippen LogP contribution in [0.5, 0.6) is 0 Å². The Bertz CT molecular complexity index is 339. The molecule has 4 nitrogen and oxygen atoms in total. The van der Waals surface area contributed by atoms with Crippen LogP contribution in [0.2, 0.25) is 0 Å². The predicted molar refractivity (Wildman–Crippen MR) is 88.1 cm³/mol. The number of rotatable bonds is 14. The maximum Gasteiger partial charge on any atom is 0.312 e. The lowest BCUT2D eigenvalue weighted by Crippen LogP contribution is -1.87. The topological polar surface area (TPSA) is 64.9 Å². The lowest BCUT2D eigenvalue weighted by molar-refractivity contribution is 0.487. The highest BCUT2D eigenvalue weighted by molar-refractivity contribution is 5.04. The number of anilines is 1. The second-order valence-electron chi connectivity index (χ2n) is 6.03. The fourth-order valence-electron chi connectivity index (χ4n) is 2.66. The zero-order valence-corrected chi connectivity index (χ0v) is 13.8. The first kappa shape index (κ1) is 18.0. The number of unbranched alkanes of at least 4 members (excludes halogenated alkanes) is 12. The summed E-state index contributed by atoms with van der Waals surface area (Å²) in [4.78, 5) is 0. The molecule has 122 valence electrons. The van der Waals surface area contributed by atoms with Crippen LogP contribution in [-0.4, -0.2) is 10.2 Å². The van der Waals surface area contributed by atoms with Crippen molar-refractivity contribution in [3.05, 3.63) is 5.89 Å². The molecule has 0 bridgehead atoms. The summed E-state index contributed by atoms with van der Waals surface area (Å²) in [6, 6.07) is 0.180. The van der Waals surface area contributed by atoms with E-state index in [2.05, 4.69) is 17.1 Å². The second kappa shape index (κ2) is 12.7. The van der Waals surface area contributed by atoms with Gasteiger partial charge < -0.3 is 10.2 Å². The highest BCUT2D eigenvalue weighted by atomic mass is 16.4. The van der Waals surface area contributed by atoms with Crippen LogP contribution < -0.4 is 5.73 Å². The first-order valence-corrected chi connectivity index (χ1v) is 8.90. The van der Waals surface area contributed by atoms with Gasteiger partial charge in [-0.2, -0.15) is 0 Å². The van der Waals surface area contributed by atoms with Crippen LogP contribution >= 0.6 is 0 Å². The highest BCUT2D eigenvalue weighted by Crippen LogP contribution is 2.13. The number of aryl methyl sites for hydroxylation is 1. The number of aromatic nitrogens is 2. The van der Waals surface area contributed by atoms with Gasteiger partial charge in [-0.15, -0.1) is 5.10 Å². The quantitative estimate of drug-likeness (QED) is 0.474. The number of nitrogens with zero attached hydrogens (tertiary/aromatic N) is 2. The van der Waals surface area contributed by atoms with Gasteiger partial charge in [-0.05, 0) is 6.42 Å². The van der Waals surface area contributed by atoms with E-state index in [9.17, 15) is 0 Å². The molecule has 0 amide bonds. The van der Waals surface area contributed by atoms with E-state index >= 15 is 0 Å². The molecule has 0 radical (unpaired) electrons. The maximum atomic E-state index is 5.38. The highest BCUT2D eigenvalue weighted by Gasteiger charge is 2.01. The van der Waals surface area contributed by atoms with Crippen LogP contribution in [0, 0.1) is 0 Å². The molecule has 0 aliphatic carbocycles. The Balaban J connectivity index is 1.74. The van der Waals surface area contributed by atoms with Gasteiger partial charge in [-0.25, -0.2) is 0 Å². The number of nitrogens with two attached hydrogens (primary N) is 1. The summed E-state index contributed by atoms with van der Waals surface area (Å²) in [6.45, 7) is 2.28. The molecule has 0 saturated carbocycles. The molecule has 0 aliphatic heterocycles. The summed E-state index contributed by atoms with van der Waals surface area (Å²) >= 11 is 0. The van der Waals surface area contributed by atoms with Crippen molar-refractivity contribution in [1.82, 2.24) is 10.2 Å². The minimum absolute atomic E-state index is 0.180. The standard InChI is InChI=1S/C17H33N3O/c1-2-3-4-5-6-7-8-9-10-11-12-13-14-15-16-19-20-17(18)21-16/h2-15H2,1H3,(H2,18,20). The molecule has 0 fully saturated rings. The summed E-state index contributed by atoms with van der Waals surface area (Å²) in [5, 5.41) is 7.53. The van der Waals surface area contributed by atoms with Crippen molar-refractivity contribution in [3.63, 3.8) is 0 Å². The van der Waals surface area contributed by atoms with Crippen molar-refractivity contribution < 1.29 is 4.42 Å². The normalized spacial score (nSPS) is 11.1. The summed E-state index contributed by atoms with van der Waals surface area (Å²) < 4.78 is 5.15. The lowest BCUT2D eigenvalue weighted by atomic mass is 10.0. The van der Waals surface area contributed by atoms with Crippen LogP contribution in [0.3, 0.4) is 0 Å². The Labute approximate surface area is 129 Å². The summed E-state index contributed by atoms with van der Waals surface area (Å²) in [6.07, 6.45) is 18.6. The first-order valence-electron chi connectivity index (χ1n) is 8.90. The zero-order chi connectivity index (χ0) is 15.2. The van der Waals surface area contributed by atoms with Gasteiger partial charge in [0.05, 0.1) is 0 Å². The third-order valence-electron chi connectivity index (χ3n) is 3.98. The Morgan fingerprint density at radius 3 is 1.62 bits per heavy atom. The molecule has 0 saturated heterocycles. The van der Waals surface area contributed by atoms with E-state index in [0.717, 1.165) is 12.8 Å². The van der Waals surface area contributed by atoms with Crippen molar-refractivity contribution in [2.45, 2.75) is 96.8 Å². The Morgan fingerprint density at radius 1 is 0.714 bits per heavy atom. The number of nitrogen functional groups attached to an aromatic ring is 1. The fourth-order valence-corrected chi connectivity index (χ4v) is 2.66. The van der Waals surface area contributed by atoms with Gasteiger partial charge >= 0.3 is 6.01 Å². The van der Waals surface area contributed by atoms with Gasteiger partial charge in [0.15, 0.2) is 0 Å². The average molecular weight is 295 g/mol. The van der Waals surface area contributed by atoms with Crippen LogP contribution in [-0.2, 0) is 6.42 Å². The Morgan fingerprint density at radius 2 is 1.19 bits per heavy atom. The average Bonchev–Trinajstić information content (AvgIpc) is 2.89. The molecular formula is C17H33N3O. The molecule has 1 aromatic heterocycles. The number of hydrogen-bond acceptors (Lipinski definition) is 4. The Kier molecular flexibility index (Phi) is 10.8. The van der Waals surface area contributed by atoms with E-state index < -0.39 is 0 Å². The van der Waals surface area contributed by atoms with E-state index in [4.69, 9.17) is 10.2 Å². The molecule has 0 aromatic carbocycles. The fraction of sp³-hybridized carbons (Fsp3) is 0.882. The monoisotopic (exact) mass is 295 g/mol. The predicted octanol–water partition coefficient (Wildman–Crippen LogP) is 5.29. The van der Waals surface area contributed by atoms with Gasteiger partial charge in [0, 0.05) is 6.42 Å². The smallest absolute Gasteiger partial charge is 0.312 e. The van der Waals surface area contributed by atoms with Gasteiger partial charge in [0.1, 0.15) is 0 Å². The second-order valence-corrected chi connectivity index (χ2v) is 6.03. The number of hydrogen-bond donors (Lipinski definition) is 1. The van der Waals surface area contributed by atoms with Gasteiger partial charge in [0.25, 0.3) is 0 Å². The molecule has 21 heavy (non-hydrogen) atoms. The molecule has 4 heteroatoms. The van der Waals surface area contributed by atoms with Gasteiger partial charge in [-0.3, -0.25) is 0 Å². The van der Waals surface area contributed by atoms with Crippen molar-refractivity contribution in [2.24, 2.45) is 0 Å². The van der Waals surface area contributed by atoms with Crippen molar-refractivity contribution >= 4 is 6.01 Å². The van der Waals surface area contributed by atoms with Gasteiger partial charge in [-0.1, -0.05) is 89.1 Å². The first-order chi connectivity index (χ1) is 10.3. The third-order valence-corrected chi connectivity index (χ3v) is 3.98. The minimum Gasteiger partial charge on any atom is -0.408 e. The van der Waals surface area contributed by atoms with E-state index in [1.54, 1.807) is 0 Å². The van der Waals surface area contributed by atoms with E-state index in [0.29, 0.717) is 5.89 Å². The molecule has 1 heterocycles. The molecule has 1 rings (SSSR count). The van der Waals surface area contributed by atoms with Crippen LogP contribution in [0.1, 0.15) is 96.3 Å². The lowest BCUT2D eigenvalue weighted by Gasteiger charge is -2.02. The van der Waals surface area contributed by atoms with Crippen LogP contribution in [0.15, 0.2) is 4.42 Å². The van der Waals surface area contributed by atoms with E-state index in [-0.39, 0.29) is 6.01 Å². The van der Waals surface area contributed by atoms with Crippen molar-refractivity contribution in [2.75, 3.05) is 5.73 Å². The van der Waals surface area contributed by atoms with Crippen LogP contribution in [0.4, 0.5) is 6.01 Å². The molecule has 2 N–H and O–H groups in total. The van der Waals surface area contributed by atoms with E-state index in [1.165, 1.54) is 77.0 Å². The SMILES string of the molecule is CCCCCCCCCCCCCCCc1nnc(N)o1. The summed E-state index contributed by atoms with van der Waals surface area (Å²) in [5.41, 5.74) is 5.38. The summed E-state index contributed by atoms with van der Waals surface area (Å²) in [5.74, 6) is 0.676. The largest absolute Gasteiger partial charge is 0.408 e. The van der Waals surface area contributed by atoms with Crippen molar-refractivity contribution in [1.29, 1.82) is 0 Å². The molecule has 0 aliphatic rings. The maximum absolute atomic E-state index is 5.38. The van der Waals surface area contributed by atoms with Gasteiger partial charge in [0.2, 0.25) is 5.89 Å². The third kappa shape index (κ3) is 10.3. The molecule has 0 unspecified atom stereocenters.